The molecular formula is C23H28ClN3OS. The van der Waals surface area contributed by atoms with Gasteiger partial charge in [0.15, 0.2) is 0 Å². The zero-order chi connectivity index (χ0) is 20.3. The van der Waals surface area contributed by atoms with Crippen LogP contribution in [0.15, 0.2) is 47.6 Å². The summed E-state index contributed by atoms with van der Waals surface area (Å²) < 4.78 is 6.96. The summed E-state index contributed by atoms with van der Waals surface area (Å²) in [4.78, 5) is 4.49. The molecule has 4 nitrogen and oxygen atoms in total. The van der Waals surface area contributed by atoms with Gasteiger partial charge < -0.3 is 4.74 Å². The number of ether oxygens (including phenoxy) is 1. The number of unbranched alkanes of at least 4 members (excludes halogenated alkanes) is 6. The van der Waals surface area contributed by atoms with Gasteiger partial charge in [0.25, 0.3) is 0 Å². The van der Waals surface area contributed by atoms with Gasteiger partial charge in [0.05, 0.1) is 28.1 Å². The van der Waals surface area contributed by atoms with E-state index < -0.39 is 0 Å². The molecule has 0 radical (unpaired) electrons. The quantitative estimate of drug-likeness (QED) is 0.184. The topological polar surface area (TPSA) is 46.5 Å². The predicted molar refractivity (Wildman–Crippen MR) is 126 cm³/mol. The van der Waals surface area contributed by atoms with Gasteiger partial charge in [-0.2, -0.15) is 5.10 Å². The minimum Gasteiger partial charge on any atom is -0.492 e. The van der Waals surface area contributed by atoms with Gasteiger partial charge >= 0.3 is 0 Å². The van der Waals surface area contributed by atoms with Gasteiger partial charge in [-0.05, 0) is 42.3 Å². The van der Waals surface area contributed by atoms with Crippen LogP contribution in [0.5, 0.6) is 5.75 Å². The van der Waals surface area contributed by atoms with Crippen LogP contribution in [0.2, 0.25) is 5.02 Å². The van der Waals surface area contributed by atoms with E-state index in [2.05, 4.69) is 22.4 Å². The Kier molecular flexibility index (Phi) is 8.78. The number of thiazole rings is 1. The van der Waals surface area contributed by atoms with Crippen molar-refractivity contribution in [3.05, 3.63) is 53.1 Å². The SMILES string of the molecule is CCCCCCCCCOc1ccc(/C=N\Nc2nc3ccccc3s2)cc1Cl. The van der Waals surface area contributed by atoms with Crippen LogP contribution < -0.4 is 10.2 Å². The van der Waals surface area contributed by atoms with Crippen LogP contribution in [0.25, 0.3) is 10.2 Å². The molecule has 1 heterocycles. The first-order chi connectivity index (χ1) is 14.3. The van der Waals surface area contributed by atoms with Crippen molar-refractivity contribution in [3.63, 3.8) is 0 Å². The Labute approximate surface area is 182 Å². The van der Waals surface area contributed by atoms with E-state index in [9.17, 15) is 0 Å². The van der Waals surface area contributed by atoms with Crippen molar-refractivity contribution >= 4 is 44.5 Å². The fourth-order valence-electron chi connectivity index (χ4n) is 3.04. The monoisotopic (exact) mass is 429 g/mol. The molecule has 154 valence electrons. The Morgan fingerprint density at radius 2 is 1.86 bits per heavy atom. The Hall–Kier alpha value is -2.11. The van der Waals surface area contributed by atoms with Gasteiger partial charge in [-0.25, -0.2) is 4.98 Å². The third kappa shape index (κ3) is 7.02. The molecular weight excluding hydrogens is 402 g/mol. The highest BCUT2D eigenvalue weighted by Gasteiger charge is 2.03. The molecule has 29 heavy (non-hydrogen) atoms. The average Bonchev–Trinajstić information content (AvgIpc) is 3.14. The molecule has 0 aliphatic rings. The highest BCUT2D eigenvalue weighted by molar-refractivity contribution is 7.22. The van der Waals surface area contributed by atoms with E-state index >= 15 is 0 Å². The largest absolute Gasteiger partial charge is 0.492 e. The van der Waals surface area contributed by atoms with E-state index in [0.29, 0.717) is 11.6 Å². The van der Waals surface area contributed by atoms with E-state index in [1.807, 2.05) is 42.5 Å². The Morgan fingerprint density at radius 1 is 1.07 bits per heavy atom. The molecule has 0 unspecified atom stereocenters. The first-order valence-electron chi connectivity index (χ1n) is 10.3. The van der Waals surface area contributed by atoms with Gasteiger partial charge in [0, 0.05) is 0 Å². The lowest BCUT2D eigenvalue weighted by molar-refractivity contribution is 0.304. The van der Waals surface area contributed by atoms with Crippen LogP contribution in [0.4, 0.5) is 5.13 Å². The molecule has 1 N–H and O–H groups in total. The minimum atomic E-state index is 0.608. The second-order valence-electron chi connectivity index (χ2n) is 7.02. The molecule has 1 aromatic heterocycles. The van der Waals surface area contributed by atoms with Crippen molar-refractivity contribution in [3.8, 4) is 5.75 Å². The zero-order valence-electron chi connectivity index (χ0n) is 16.9. The molecule has 0 spiro atoms. The molecule has 0 aliphatic heterocycles. The highest BCUT2D eigenvalue weighted by Crippen LogP contribution is 2.26. The molecule has 3 rings (SSSR count). The van der Waals surface area contributed by atoms with Crippen LogP contribution in [0.3, 0.4) is 0 Å². The summed E-state index contributed by atoms with van der Waals surface area (Å²) in [5.41, 5.74) is 4.87. The third-order valence-corrected chi connectivity index (χ3v) is 5.87. The highest BCUT2D eigenvalue weighted by atomic mass is 35.5. The summed E-state index contributed by atoms with van der Waals surface area (Å²) in [6.07, 6.45) is 10.6. The lowest BCUT2D eigenvalue weighted by Crippen LogP contribution is -1.98. The summed E-state index contributed by atoms with van der Waals surface area (Å²) in [7, 11) is 0. The van der Waals surface area contributed by atoms with Gasteiger partial charge in [0.1, 0.15) is 5.75 Å². The number of rotatable bonds is 12. The number of fused-ring (bicyclic) bond motifs is 1. The maximum absolute atomic E-state index is 6.36. The Morgan fingerprint density at radius 3 is 2.66 bits per heavy atom. The number of para-hydroxylation sites is 1. The summed E-state index contributed by atoms with van der Waals surface area (Å²) in [5.74, 6) is 0.730. The molecule has 0 bridgehead atoms. The van der Waals surface area contributed by atoms with Crippen LogP contribution in [0, 0.1) is 0 Å². The summed E-state index contributed by atoms with van der Waals surface area (Å²) >= 11 is 7.93. The van der Waals surface area contributed by atoms with Crippen LogP contribution in [-0.4, -0.2) is 17.8 Å². The van der Waals surface area contributed by atoms with Gasteiger partial charge in [-0.1, -0.05) is 80.5 Å². The molecule has 0 aliphatic carbocycles. The molecule has 0 fully saturated rings. The van der Waals surface area contributed by atoms with Crippen molar-refractivity contribution in [1.82, 2.24) is 4.98 Å². The van der Waals surface area contributed by atoms with Crippen molar-refractivity contribution in [1.29, 1.82) is 0 Å². The maximum atomic E-state index is 6.36. The fraction of sp³-hybridized carbons (Fsp3) is 0.391. The van der Waals surface area contributed by atoms with Crippen molar-refractivity contribution in [2.24, 2.45) is 5.10 Å². The minimum absolute atomic E-state index is 0.608. The molecule has 2 aromatic carbocycles. The fourth-order valence-corrected chi connectivity index (χ4v) is 4.10. The van der Waals surface area contributed by atoms with E-state index in [4.69, 9.17) is 16.3 Å². The number of hydrogen-bond donors (Lipinski definition) is 1. The summed E-state index contributed by atoms with van der Waals surface area (Å²) in [6.45, 7) is 2.95. The Balaban J connectivity index is 1.42. The van der Waals surface area contributed by atoms with Crippen molar-refractivity contribution < 1.29 is 4.74 Å². The number of hydrogen-bond acceptors (Lipinski definition) is 5. The summed E-state index contributed by atoms with van der Waals surface area (Å²) in [6, 6.07) is 13.8. The number of benzene rings is 2. The normalized spacial score (nSPS) is 11.4. The van der Waals surface area contributed by atoms with Crippen molar-refractivity contribution in [2.45, 2.75) is 51.9 Å². The molecule has 3 aromatic rings. The molecule has 0 saturated carbocycles. The second-order valence-corrected chi connectivity index (χ2v) is 8.45. The maximum Gasteiger partial charge on any atom is 0.204 e. The first kappa shape index (κ1) is 21.6. The van der Waals surface area contributed by atoms with Gasteiger partial charge in [0.2, 0.25) is 5.13 Å². The van der Waals surface area contributed by atoms with Gasteiger partial charge in [-0.3, -0.25) is 5.43 Å². The molecule has 0 atom stereocenters. The standard InChI is InChI=1S/C23H28ClN3OS/c1-2-3-4-5-6-7-10-15-28-21-14-13-18(16-19(21)24)17-25-27-23-26-20-11-8-9-12-22(20)29-23/h8-9,11-14,16-17H,2-7,10,15H2,1H3,(H,26,27)/b25-17-. The van der Waals surface area contributed by atoms with Crippen LogP contribution >= 0.6 is 22.9 Å². The van der Waals surface area contributed by atoms with Crippen LogP contribution in [-0.2, 0) is 0 Å². The predicted octanol–water partition coefficient (Wildman–Crippen LogP) is 7.53. The third-order valence-electron chi connectivity index (χ3n) is 4.63. The molecule has 0 amide bonds. The van der Waals surface area contributed by atoms with E-state index in [1.54, 1.807) is 17.6 Å². The molecule has 0 saturated heterocycles. The number of aromatic nitrogens is 1. The lowest BCUT2D eigenvalue weighted by Gasteiger charge is -2.08. The smallest absolute Gasteiger partial charge is 0.204 e. The van der Waals surface area contributed by atoms with Crippen LogP contribution in [0.1, 0.15) is 57.4 Å². The second kappa shape index (κ2) is 11.8. The summed E-state index contributed by atoms with van der Waals surface area (Å²) in [5, 5.41) is 5.64. The van der Waals surface area contributed by atoms with E-state index in [-0.39, 0.29) is 0 Å². The first-order valence-corrected chi connectivity index (χ1v) is 11.5. The van der Waals surface area contributed by atoms with E-state index in [1.165, 1.54) is 38.5 Å². The number of halogens is 1. The number of nitrogens with one attached hydrogen (secondary N) is 1. The Bertz CT molecular complexity index is 892. The van der Waals surface area contributed by atoms with Gasteiger partial charge in [-0.15, -0.1) is 0 Å². The van der Waals surface area contributed by atoms with E-state index in [0.717, 1.165) is 33.1 Å². The van der Waals surface area contributed by atoms with Crippen molar-refractivity contribution in [2.75, 3.05) is 12.0 Å². The zero-order valence-corrected chi connectivity index (χ0v) is 18.4. The number of nitrogens with zero attached hydrogens (tertiary/aromatic N) is 2. The lowest BCUT2D eigenvalue weighted by atomic mass is 10.1. The average molecular weight is 430 g/mol. The number of anilines is 1. The number of hydrazone groups is 1. The molecule has 6 heteroatoms.